The van der Waals surface area contributed by atoms with Gasteiger partial charge in [0.15, 0.2) is 5.82 Å². The zero-order valence-electron chi connectivity index (χ0n) is 18.2. The highest BCUT2D eigenvalue weighted by atomic mass is 16.6. The van der Waals surface area contributed by atoms with Crippen LogP contribution in [0.3, 0.4) is 0 Å². The molecule has 2 atom stereocenters. The number of carbonyl (C=O) groups is 4. The lowest BCUT2D eigenvalue weighted by Gasteiger charge is -2.28. The van der Waals surface area contributed by atoms with Crippen molar-refractivity contribution in [3.05, 3.63) is 29.7 Å². The first-order valence-corrected chi connectivity index (χ1v) is 10.0. The summed E-state index contributed by atoms with van der Waals surface area (Å²) >= 11 is 0. The van der Waals surface area contributed by atoms with Crippen LogP contribution in [0.5, 0.6) is 0 Å². The number of aliphatic carboxylic acids is 1. The van der Waals surface area contributed by atoms with Crippen molar-refractivity contribution in [2.24, 2.45) is 0 Å². The van der Waals surface area contributed by atoms with Gasteiger partial charge in [-0.15, -0.1) is 10.2 Å². The van der Waals surface area contributed by atoms with Crippen LogP contribution in [0.4, 0.5) is 10.6 Å². The lowest BCUT2D eigenvalue weighted by Crippen LogP contribution is -2.56. The van der Waals surface area contributed by atoms with Crippen molar-refractivity contribution in [2.45, 2.75) is 57.8 Å². The molecule has 0 aromatic carbocycles. The second-order valence-corrected chi connectivity index (χ2v) is 8.26. The number of carboxylic acids is 1. The molecule has 0 saturated heterocycles. The fraction of sp³-hybridized carbons (Fsp3) is 0.474. The molecule has 4 N–H and O–H groups in total. The molecular weight excluding hydrogens is 436 g/mol. The summed E-state index contributed by atoms with van der Waals surface area (Å²) in [5.41, 5.74) is -0.239. The first-order valence-electron chi connectivity index (χ1n) is 10.0. The maximum Gasteiger partial charge on any atom is 0.408 e. The molecule has 33 heavy (non-hydrogen) atoms. The molecule has 176 valence electrons. The quantitative estimate of drug-likeness (QED) is 0.420. The van der Waals surface area contributed by atoms with E-state index < -0.39 is 48.0 Å². The molecule has 0 radical (unpaired) electrons. The summed E-state index contributed by atoms with van der Waals surface area (Å²) < 4.78 is 5.15. The zero-order chi connectivity index (χ0) is 24.2. The molecule has 0 bridgehead atoms. The molecule has 3 amide bonds. The predicted octanol–water partition coefficient (Wildman–Crippen LogP) is -0.463. The number of carboxylic acid groups (broad SMARTS) is 1. The Morgan fingerprint density at radius 1 is 1.33 bits per heavy atom. The van der Waals surface area contributed by atoms with Gasteiger partial charge in [0.1, 0.15) is 23.5 Å². The van der Waals surface area contributed by atoms with Crippen LogP contribution in [0.25, 0.3) is 0 Å². The van der Waals surface area contributed by atoms with E-state index in [1.165, 1.54) is 6.20 Å². The molecule has 0 fully saturated rings. The number of ether oxygens (including phenoxy) is 1. The molecule has 3 rings (SSSR count). The molecule has 0 aliphatic carbocycles. The van der Waals surface area contributed by atoms with Crippen molar-refractivity contribution in [3.8, 4) is 0 Å². The number of aromatic amines is 1. The highest BCUT2D eigenvalue weighted by molar-refractivity contribution is 6.06. The van der Waals surface area contributed by atoms with Gasteiger partial charge in [-0.1, -0.05) is 11.3 Å². The molecular formula is C19H24N8O6. The number of rotatable bonds is 7. The number of tetrazole rings is 1. The highest BCUT2D eigenvalue weighted by Gasteiger charge is 2.43. The van der Waals surface area contributed by atoms with Gasteiger partial charge in [-0.25, -0.2) is 9.78 Å². The third-order valence-corrected chi connectivity index (χ3v) is 4.54. The number of alkyl carbamates (subject to hydrolysis) is 1. The summed E-state index contributed by atoms with van der Waals surface area (Å²) in [6.07, 6.45) is -0.0695. The molecule has 0 spiro atoms. The Labute approximate surface area is 188 Å². The Balaban J connectivity index is 1.84. The van der Waals surface area contributed by atoms with E-state index in [4.69, 9.17) is 4.74 Å². The van der Waals surface area contributed by atoms with Crippen LogP contribution in [0.1, 0.15) is 38.6 Å². The van der Waals surface area contributed by atoms with Gasteiger partial charge in [-0.05, 0) is 32.4 Å². The Kier molecular flexibility index (Phi) is 6.84. The van der Waals surface area contributed by atoms with Gasteiger partial charge in [0, 0.05) is 12.6 Å². The van der Waals surface area contributed by atoms with Gasteiger partial charge < -0.3 is 20.5 Å². The fourth-order valence-corrected chi connectivity index (χ4v) is 3.26. The van der Waals surface area contributed by atoms with E-state index in [0.717, 1.165) is 4.90 Å². The van der Waals surface area contributed by atoms with Crippen molar-refractivity contribution < 1.29 is 29.0 Å². The Morgan fingerprint density at radius 2 is 2.09 bits per heavy atom. The number of hydrogen-bond acceptors (Lipinski definition) is 9. The van der Waals surface area contributed by atoms with Gasteiger partial charge in [-0.2, -0.15) is 5.21 Å². The topological polar surface area (TPSA) is 192 Å². The normalized spacial score (nSPS) is 16.0. The van der Waals surface area contributed by atoms with Crippen LogP contribution in [0, 0.1) is 0 Å². The number of fused-ring (bicyclic) bond motifs is 1. The van der Waals surface area contributed by atoms with E-state index >= 15 is 0 Å². The first-order chi connectivity index (χ1) is 15.5. The number of pyridine rings is 1. The van der Waals surface area contributed by atoms with Crippen molar-refractivity contribution >= 4 is 29.7 Å². The molecule has 14 heteroatoms. The van der Waals surface area contributed by atoms with E-state index in [1.807, 2.05) is 0 Å². The monoisotopic (exact) mass is 460 g/mol. The number of anilines is 1. The Bertz CT molecular complexity index is 1040. The van der Waals surface area contributed by atoms with Crippen molar-refractivity contribution in [1.29, 1.82) is 0 Å². The molecule has 1 aliphatic rings. The smallest absolute Gasteiger partial charge is 0.408 e. The van der Waals surface area contributed by atoms with Crippen LogP contribution in [0.2, 0.25) is 0 Å². The summed E-state index contributed by atoms with van der Waals surface area (Å²) in [5.74, 6) is -2.20. The van der Waals surface area contributed by atoms with E-state index in [0.29, 0.717) is 5.56 Å². The largest absolute Gasteiger partial charge is 0.481 e. The van der Waals surface area contributed by atoms with Crippen molar-refractivity contribution in [2.75, 3.05) is 4.90 Å². The van der Waals surface area contributed by atoms with E-state index in [1.54, 1.807) is 32.9 Å². The summed E-state index contributed by atoms with van der Waals surface area (Å²) in [6, 6.07) is 0.862. The van der Waals surface area contributed by atoms with E-state index in [2.05, 4.69) is 36.2 Å². The summed E-state index contributed by atoms with van der Waals surface area (Å²) in [6.45, 7) is 4.86. The number of hydrogen-bond donors (Lipinski definition) is 4. The molecule has 0 saturated carbocycles. The second-order valence-electron chi connectivity index (χ2n) is 8.26. The third-order valence-electron chi connectivity index (χ3n) is 4.54. The predicted molar refractivity (Wildman–Crippen MR) is 111 cm³/mol. The summed E-state index contributed by atoms with van der Waals surface area (Å²) in [7, 11) is 0. The van der Waals surface area contributed by atoms with Crippen LogP contribution >= 0.6 is 0 Å². The molecule has 3 heterocycles. The van der Waals surface area contributed by atoms with Gasteiger partial charge >= 0.3 is 12.1 Å². The van der Waals surface area contributed by atoms with Crippen molar-refractivity contribution in [3.63, 3.8) is 0 Å². The minimum Gasteiger partial charge on any atom is -0.481 e. The van der Waals surface area contributed by atoms with E-state index in [9.17, 15) is 24.3 Å². The maximum absolute atomic E-state index is 13.4. The number of aromatic nitrogens is 5. The molecule has 2 aromatic heterocycles. The van der Waals surface area contributed by atoms with Gasteiger partial charge in [-0.3, -0.25) is 19.3 Å². The summed E-state index contributed by atoms with van der Waals surface area (Å²) in [4.78, 5) is 55.3. The lowest BCUT2D eigenvalue weighted by molar-refractivity contribution is -0.139. The van der Waals surface area contributed by atoms with Gasteiger partial charge in [0.2, 0.25) is 5.91 Å². The van der Waals surface area contributed by atoms with Crippen LogP contribution in [-0.4, -0.2) is 72.3 Å². The maximum atomic E-state index is 13.4. The van der Waals surface area contributed by atoms with Crippen LogP contribution in [-0.2, 0) is 32.1 Å². The molecule has 14 nitrogen and oxygen atoms in total. The van der Waals surface area contributed by atoms with Gasteiger partial charge in [0.05, 0.1) is 13.0 Å². The third kappa shape index (κ3) is 5.99. The van der Waals surface area contributed by atoms with Gasteiger partial charge in [0.25, 0.3) is 5.91 Å². The van der Waals surface area contributed by atoms with E-state index in [-0.39, 0.29) is 24.6 Å². The average Bonchev–Trinajstić information content (AvgIpc) is 3.37. The fourth-order valence-electron chi connectivity index (χ4n) is 3.26. The molecule has 2 aromatic rings. The van der Waals surface area contributed by atoms with Crippen LogP contribution in [0.15, 0.2) is 18.3 Å². The first kappa shape index (κ1) is 23.6. The number of nitrogens with zero attached hydrogens (tertiary/aromatic N) is 5. The average molecular weight is 460 g/mol. The molecule has 1 aliphatic heterocycles. The SMILES string of the molecule is CC(C)(C)OC(=O)NC(CC(=O)O)C(=O)N1c2ncccc2CC1C(=O)NCc1nn[nH]n1. The Morgan fingerprint density at radius 3 is 2.73 bits per heavy atom. The minimum atomic E-state index is -1.49. The number of nitrogens with one attached hydrogen (secondary N) is 3. The van der Waals surface area contributed by atoms with Crippen molar-refractivity contribution in [1.82, 2.24) is 36.2 Å². The standard InChI is InChI=1S/C19H24N8O6/c1-19(2,3)33-18(32)22-11(8-14(28)29)17(31)27-12(7-10-5-4-6-20-15(10)27)16(30)21-9-13-23-25-26-24-13/h4-6,11-12H,7-9H2,1-3H3,(H,21,30)(H,22,32)(H,28,29)(H,23,24,25,26). The lowest BCUT2D eigenvalue weighted by atomic mass is 10.1. The summed E-state index contributed by atoms with van der Waals surface area (Å²) in [5, 5.41) is 27.4. The van der Waals surface area contributed by atoms with Crippen LogP contribution < -0.4 is 15.5 Å². The second kappa shape index (κ2) is 9.58. The minimum absolute atomic E-state index is 0.0354. The zero-order valence-corrected chi connectivity index (χ0v) is 18.2. The number of carbonyl (C=O) groups excluding carboxylic acids is 3. The Hall–Kier alpha value is -4.10. The highest BCUT2D eigenvalue weighted by Crippen LogP contribution is 2.31. The molecule has 2 unspecified atom stereocenters. The number of H-pyrrole nitrogens is 1. The number of amides is 3.